The highest BCUT2D eigenvalue weighted by atomic mass is 19.2. The van der Waals surface area contributed by atoms with Gasteiger partial charge in [0.15, 0.2) is 11.6 Å². The van der Waals surface area contributed by atoms with E-state index in [1.165, 1.54) is 12.1 Å². The van der Waals surface area contributed by atoms with Gasteiger partial charge in [0.05, 0.1) is 11.3 Å². The molecule has 0 saturated heterocycles. The third kappa shape index (κ3) is 2.67. The van der Waals surface area contributed by atoms with Crippen LogP contribution < -0.4 is 5.32 Å². The van der Waals surface area contributed by atoms with Crippen LogP contribution in [0, 0.1) is 23.0 Å². The van der Waals surface area contributed by atoms with Gasteiger partial charge in [-0.25, -0.2) is 8.78 Å². The number of nitrogens with zero attached hydrogens (tertiary/aromatic N) is 1. The fourth-order valence-corrected chi connectivity index (χ4v) is 1.28. The summed E-state index contributed by atoms with van der Waals surface area (Å²) in [5.74, 6) is -2.22. The number of anilines is 1. The molecular weight excluding hydrogens is 214 g/mol. The molecule has 1 atom stereocenters. The molecule has 0 aromatic heterocycles. The normalized spacial score (nSPS) is 11.9. The molecule has 0 aliphatic heterocycles. The Labute approximate surface area is 92.3 Å². The summed E-state index contributed by atoms with van der Waals surface area (Å²) in [6.07, 6.45) is 0.432. The first-order valence-electron chi connectivity index (χ1n) is 4.85. The summed E-state index contributed by atoms with van der Waals surface area (Å²) >= 11 is 0. The van der Waals surface area contributed by atoms with Gasteiger partial charge in [-0.3, -0.25) is 0 Å². The molecule has 1 unspecified atom stereocenters. The van der Waals surface area contributed by atoms with Crippen LogP contribution in [0.15, 0.2) is 12.1 Å². The lowest BCUT2D eigenvalue weighted by molar-refractivity contribution is 0.282. The van der Waals surface area contributed by atoms with Crippen LogP contribution in [0.1, 0.15) is 18.9 Å². The van der Waals surface area contributed by atoms with E-state index in [0.717, 1.165) is 0 Å². The Bertz CT molecular complexity index is 415. The van der Waals surface area contributed by atoms with Crippen LogP contribution in [0.4, 0.5) is 14.5 Å². The molecule has 0 radical (unpaired) electrons. The van der Waals surface area contributed by atoms with E-state index in [9.17, 15) is 8.78 Å². The zero-order valence-corrected chi connectivity index (χ0v) is 8.80. The third-order valence-corrected chi connectivity index (χ3v) is 2.17. The summed E-state index contributed by atoms with van der Waals surface area (Å²) in [6.45, 7) is 1.71. The van der Waals surface area contributed by atoms with E-state index in [0.29, 0.717) is 6.42 Å². The van der Waals surface area contributed by atoms with Gasteiger partial charge in [-0.1, -0.05) is 0 Å². The van der Waals surface area contributed by atoms with Crippen LogP contribution in [-0.2, 0) is 0 Å². The number of aliphatic hydroxyl groups is 1. The van der Waals surface area contributed by atoms with Gasteiger partial charge >= 0.3 is 0 Å². The topological polar surface area (TPSA) is 56.0 Å². The molecule has 0 aliphatic rings. The highest BCUT2D eigenvalue weighted by molar-refractivity contribution is 5.50. The predicted molar refractivity (Wildman–Crippen MR) is 55.9 cm³/mol. The summed E-state index contributed by atoms with van der Waals surface area (Å²) in [7, 11) is 0. The van der Waals surface area contributed by atoms with Crippen molar-refractivity contribution in [2.24, 2.45) is 0 Å². The molecule has 86 valence electrons. The number of benzene rings is 1. The lowest BCUT2D eigenvalue weighted by atomic mass is 10.1. The number of hydrogen-bond donors (Lipinski definition) is 2. The second-order valence-corrected chi connectivity index (χ2v) is 3.46. The molecule has 0 aliphatic carbocycles. The van der Waals surface area contributed by atoms with E-state index in [1.54, 1.807) is 13.0 Å². The Kier molecular flexibility index (Phi) is 4.20. The lowest BCUT2D eigenvalue weighted by Crippen LogP contribution is -2.17. The molecule has 0 heterocycles. The van der Waals surface area contributed by atoms with E-state index < -0.39 is 11.6 Å². The molecule has 0 spiro atoms. The van der Waals surface area contributed by atoms with Crippen molar-refractivity contribution in [2.75, 3.05) is 11.9 Å². The Morgan fingerprint density at radius 1 is 1.44 bits per heavy atom. The average molecular weight is 226 g/mol. The zero-order valence-electron chi connectivity index (χ0n) is 8.80. The maximum absolute atomic E-state index is 13.4. The summed E-state index contributed by atoms with van der Waals surface area (Å²) in [5.41, 5.74) is -0.324. The molecule has 1 rings (SSSR count). The van der Waals surface area contributed by atoms with Gasteiger partial charge in [0.2, 0.25) is 0 Å². The molecule has 16 heavy (non-hydrogen) atoms. The molecular formula is C11H12F2N2O. The SMILES string of the molecule is CC(CCO)Nc1ccc(C#N)c(F)c1F. The van der Waals surface area contributed by atoms with Crippen molar-refractivity contribution in [2.45, 2.75) is 19.4 Å². The van der Waals surface area contributed by atoms with Crippen LogP contribution in [-0.4, -0.2) is 17.8 Å². The first-order chi connectivity index (χ1) is 7.60. The highest BCUT2D eigenvalue weighted by Gasteiger charge is 2.14. The molecule has 0 fully saturated rings. The molecule has 0 amide bonds. The van der Waals surface area contributed by atoms with Gasteiger partial charge < -0.3 is 10.4 Å². The maximum Gasteiger partial charge on any atom is 0.183 e. The minimum atomic E-state index is -1.15. The minimum absolute atomic E-state index is 0.00236. The van der Waals surface area contributed by atoms with E-state index >= 15 is 0 Å². The number of nitriles is 1. The van der Waals surface area contributed by atoms with Crippen LogP contribution in [0.25, 0.3) is 0 Å². The third-order valence-electron chi connectivity index (χ3n) is 2.17. The van der Waals surface area contributed by atoms with Crippen molar-refractivity contribution in [1.82, 2.24) is 0 Å². The number of nitrogens with one attached hydrogen (secondary N) is 1. The minimum Gasteiger partial charge on any atom is -0.396 e. The van der Waals surface area contributed by atoms with E-state index in [2.05, 4.69) is 5.32 Å². The molecule has 5 heteroatoms. The second kappa shape index (κ2) is 5.42. The second-order valence-electron chi connectivity index (χ2n) is 3.46. The zero-order chi connectivity index (χ0) is 12.1. The van der Waals surface area contributed by atoms with E-state index in [4.69, 9.17) is 10.4 Å². The van der Waals surface area contributed by atoms with Crippen LogP contribution >= 0.6 is 0 Å². The molecule has 1 aromatic rings. The van der Waals surface area contributed by atoms with E-state index in [-0.39, 0.29) is 23.9 Å². The van der Waals surface area contributed by atoms with Gasteiger partial charge in [-0.2, -0.15) is 5.26 Å². The fourth-order valence-electron chi connectivity index (χ4n) is 1.28. The van der Waals surface area contributed by atoms with Crippen molar-refractivity contribution in [3.05, 3.63) is 29.3 Å². The maximum atomic E-state index is 13.4. The fraction of sp³-hybridized carbons (Fsp3) is 0.364. The van der Waals surface area contributed by atoms with Crippen molar-refractivity contribution in [3.8, 4) is 6.07 Å². The van der Waals surface area contributed by atoms with Crippen molar-refractivity contribution < 1.29 is 13.9 Å². The first-order valence-corrected chi connectivity index (χ1v) is 4.85. The molecule has 0 saturated carbocycles. The summed E-state index contributed by atoms with van der Waals surface area (Å²) in [6, 6.07) is 3.91. The van der Waals surface area contributed by atoms with Gasteiger partial charge in [0, 0.05) is 12.6 Å². The molecule has 0 bridgehead atoms. The van der Waals surface area contributed by atoms with Gasteiger partial charge in [-0.15, -0.1) is 0 Å². The monoisotopic (exact) mass is 226 g/mol. The van der Waals surface area contributed by atoms with Crippen LogP contribution in [0.3, 0.4) is 0 Å². The largest absolute Gasteiger partial charge is 0.396 e. The number of halogens is 2. The number of aliphatic hydroxyl groups excluding tert-OH is 1. The van der Waals surface area contributed by atoms with Gasteiger partial charge in [0.25, 0.3) is 0 Å². The Hall–Kier alpha value is -1.67. The van der Waals surface area contributed by atoms with Gasteiger partial charge in [0.1, 0.15) is 6.07 Å². The quantitative estimate of drug-likeness (QED) is 0.825. The van der Waals surface area contributed by atoms with Crippen LogP contribution in [0.2, 0.25) is 0 Å². The molecule has 1 aromatic carbocycles. The standard InChI is InChI=1S/C11H12F2N2O/c1-7(4-5-16)15-9-3-2-8(6-14)10(12)11(9)13/h2-3,7,15-16H,4-5H2,1H3. The van der Waals surface area contributed by atoms with Crippen molar-refractivity contribution >= 4 is 5.69 Å². The Morgan fingerprint density at radius 3 is 2.69 bits per heavy atom. The summed E-state index contributed by atoms with van der Waals surface area (Å²) < 4.78 is 26.6. The smallest absolute Gasteiger partial charge is 0.183 e. The first kappa shape index (κ1) is 12.4. The number of rotatable bonds is 4. The number of hydrogen-bond acceptors (Lipinski definition) is 3. The lowest BCUT2D eigenvalue weighted by Gasteiger charge is -2.14. The van der Waals surface area contributed by atoms with Gasteiger partial charge in [-0.05, 0) is 25.5 Å². The molecule has 3 nitrogen and oxygen atoms in total. The van der Waals surface area contributed by atoms with Crippen LogP contribution in [0.5, 0.6) is 0 Å². The van der Waals surface area contributed by atoms with Crippen molar-refractivity contribution in [3.63, 3.8) is 0 Å². The Morgan fingerprint density at radius 2 is 2.12 bits per heavy atom. The Balaban J connectivity index is 2.91. The van der Waals surface area contributed by atoms with Crippen molar-refractivity contribution in [1.29, 1.82) is 5.26 Å². The summed E-state index contributed by atoms with van der Waals surface area (Å²) in [4.78, 5) is 0. The van der Waals surface area contributed by atoms with E-state index in [1.807, 2.05) is 0 Å². The highest BCUT2D eigenvalue weighted by Crippen LogP contribution is 2.21. The summed E-state index contributed by atoms with van der Waals surface area (Å²) in [5, 5.41) is 19.9. The predicted octanol–water partition coefficient (Wildman–Crippen LogP) is 2.02. The average Bonchev–Trinajstić information content (AvgIpc) is 2.25. The molecule has 2 N–H and O–H groups in total.